The summed E-state index contributed by atoms with van der Waals surface area (Å²) in [6.45, 7) is 1.09. The number of allylic oxidation sites excluding steroid dienone is 1. The standard InChI is InChI=1S/C18H24N2O3/c1-23-17(21)16-9-7-15(8-10-16)13-20-18(22)19-12-11-14-5-3-2-4-6-14/h5,7-10H,2-4,6,11-13H2,1H3,(H2,19,20,22). The predicted octanol–water partition coefficient (Wildman–Crippen LogP) is 3.16. The van der Waals surface area contributed by atoms with Crippen molar-refractivity contribution in [1.82, 2.24) is 10.6 Å². The van der Waals surface area contributed by atoms with Gasteiger partial charge in [-0.2, -0.15) is 0 Å². The highest BCUT2D eigenvalue weighted by Gasteiger charge is 2.06. The van der Waals surface area contributed by atoms with Gasteiger partial charge in [0.2, 0.25) is 0 Å². The summed E-state index contributed by atoms with van der Waals surface area (Å²) in [5.41, 5.74) is 2.89. The maximum atomic E-state index is 11.8. The van der Waals surface area contributed by atoms with E-state index in [0.717, 1.165) is 18.4 Å². The lowest BCUT2D eigenvalue weighted by atomic mass is 9.97. The van der Waals surface area contributed by atoms with E-state index in [2.05, 4.69) is 21.4 Å². The summed E-state index contributed by atoms with van der Waals surface area (Å²) in [5.74, 6) is -0.362. The van der Waals surface area contributed by atoms with Crippen molar-refractivity contribution in [3.05, 3.63) is 47.0 Å². The molecule has 23 heavy (non-hydrogen) atoms. The molecule has 2 N–H and O–H groups in total. The normalized spacial score (nSPS) is 13.9. The number of methoxy groups -OCH3 is 1. The molecule has 0 fully saturated rings. The SMILES string of the molecule is COC(=O)c1ccc(CNC(=O)NCCC2=CCCCC2)cc1. The third kappa shape index (κ3) is 5.77. The molecule has 0 aromatic heterocycles. The maximum absolute atomic E-state index is 11.8. The molecule has 2 rings (SSSR count). The summed E-state index contributed by atoms with van der Waals surface area (Å²) < 4.78 is 4.65. The number of esters is 1. The minimum Gasteiger partial charge on any atom is -0.465 e. The number of amides is 2. The van der Waals surface area contributed by atoms with E-state index in [1.54, 1.807) is 24.3 Å². The highest BCUT2D eigenvalue weighted by Crippen LogP contribution is 2.19. The fourth-order valence-corrected chi connectivity index (χ4v) is 2.59. The molecule has 0 bridgehead atoms. The summed E-state index contributed by atoms with van der Waals surface area (Å²) in [4.78, 5) is 23.1. The molecule has 1 aliphatic carbocycles. The van der Waals surface area contributed by atoms with Crippen LogP contribution >= 0.6 is 0 Å². The van der Waals surface area contributed by atoms with Crippen molar-refractivity contribution < 1.29 is 14.3 Å². The molecule has 5 nitrogen and oxygen atoms in total. The van der Waals surface area contributed by atoms with E-state index in [0.29, 0.717) is 18.7 Å². The Morgan fingerprint density at radius 2 is 1.91 bits per heavy atom. The number of urea groups is 1. The zero-order valence-electron chi connectivity index (χ0n) is 13.6. The van der Waals surface area contributed by atoms with Gasteiger partial charge in [0.1, 0.15) is 0 Å². The van der Waals surface area contributed by atoms with E-state index in [1.165, 1.54) is 31.9 Å². The second-order valence-corrected chi connectivity index (χ2v) is 5.66. The molecule has 2 amide bonds. The Morgan fingerprint density at radius 3 is 2.57 bits per heavy atom. The predicted molar refractivity (Wildman–Crippen MR) is 89.2 cm³/mol. The minimum absolute atomic E-state index is 0.168. The average molecular weight is 316 g/mol. The van der Waals surface area contributed by atoms with Gasteiger partial charge in [0.05, 0.1) is 12.7 Å². The van der Waals surface area contributed by atoms with E-state index in [-0.39, 0.29) is 12.0 Å². The molecular formula is C18H24N2O3. The second kappa shape index (κ2) is 8.98. The minimum atomic E-state index is -0.362. The lowest BCUT2D eigenvalue weighted by molar-refractivity contribution is 0.0600. The zero-order valence-corrected chi connectivity index (χ0v) is 13.6. The molecule has 0 radical (unpaired) electrons. The van der Waals surface area contributed by atoms with E-state index in [1.807, 2.05) is 0 Å². The number of nitrogens with one attached hydrogen (secondary N) is 2. The number of hydrogen-bond acceptors (Lipinski definition) is 3. The molecule has 0 aliphatic heterocycles. The molecule has 0 heterocycles. The molecule has 1 aromatic rings. The average Bonchev–Trinajstić information content (AvgIpc) is 2.60. The summed E-state index contributed by atoms with van der Waals surface area (Å²) >= 11 is 0. The molecule has 0 atom stereocenters. The monoisotopic (exact) mass is 316 g/mol. The van der Waals surface area contributed by atoms with Crippen LogP contribution in [0, 0.1) is 0 Å². The van der Waals surface area contributed by atoms with E-state index in [9.17, 15) is 9.59 Å². The van der Waals surface area contributed by atoms with Gasteiger partial charge in [-0.1, -0.05) is 23.8 Å². The highest BCUT2D eigenvalue weighted by atomic mass is 16.5. The van der Waals surface area contributed by atoms with Gasteiger partial charge in [-0.15, -0.1) is 0 Å². The molecule has 5 heteroatoms. The van der Waals surface area contributed by atoms with Gasteiger partial charge < -0.3 is 15.4 Å². The van der Waals surface area contributed by atoms with Crippen LogP contribution in [0.1, 0.15) is 48.0 Å². The summed E-state index contributed by atoms with van der Waals surface area (Å²) in [7, 11) is 1.35. The Labute approximate surface area is 137 Å². The Bertz CT molecular complexity index is 564. The van der Waals surface area contributed by atoms with Gasteiger partial charge in [-0.05, 0) is 49.8 Å². The number of rotatable bonds is 6. The van der Waals surface area contributed by atoms with Crippen LogP contribution < -0.4 is 10.6 Å². The molecule has 0 saturated heterocycles. The van der Waals surface area contributed by atoms with Gasteiger partial charge in [0.15, 0.2) is 0 Å². The first-order chi connectivity index (χ1) is 11.2. The van der Waals surface area contributed by atoms with Crippen LogP contribution in [-0.2, 0) is 11.3 Å². The summed E-state index contributed by atoms with van der Waals surface area (Å²) in [6, 6.07) is 6.82. The van der Waals surface area contributed by atoms with Crippen molar-refractivity contribution in [1.29, 1.82) is 0 Å². The molecule has 1 aromatic carbocycles. The van der Waals surface area contributed by atoms with Crippen LogP contribution in [0.5, 0.6) is 0 Å². The Morgan fingerprint density at radius 1 is 1.13 bits per heavy atom. The van der Waals surface area contributed by atoms with Crippen LogP contribution in [0.4, 0.5) is 4.79 Å². The molecule has 1 aliphatic rings. The van der Waals surface area contributed by atoms with Gasteiger partial charge in [0.25, 0.3) is 0 Å². The fourth-order valence-electron chi connectivity index (χ4n) is 2.59. The van der Waals surface area contributed by atoms with Crippen LogP contribution in [0.15, 0.2) is 35.9 Å². The van der Waals surface area contributed by atoms with Crippen LogP contribution in [0.25, 0.3) is 0 Å². The maximum Gasteiger partial charge on any atom is 0.337 e. The third-order valence-electron chi connectivity index (χ3n) is 3.94. The van der Waals surface area contributed by atoms with Gasteiger partial charge >= 0.3 is 12.0 Å². The number of carbonyl (C=O) groups excluding carboxylic acids is 2. The first-order valence-corrected chi connectivity index (χ1v) is 8.06. The number of ether oxygens (including phenoxy) is 1. The topological polar surface area (TPSA) is 67.4 Å². The van der Waals surface area contributed by atoms with Crippen molar-refractivity contribution in [2.45, 2.75) is 38.6 Å². The smallest absolute Gasteiger partial charge is 0.337 e. The molecule has 0 saturated carbocycles. The number of benzene rings is 1. The zero-order chi connectivity index (χ0) is 16.5. The van der Waals surface area contributed by atoms with Crippen molar-refractivity contribution in [2.75, 3.05) is 13.7 Å². The molecular weight excluding hydrogens is 292 g/mol. The quantitative estimate of drug-likeness (QED) is 0.626. The fraction of sp³-hybridized carbons (Fsp3) is 0.444. The van der Waals surface area contributed by atoms with Crippen LogP contribution in [0.2, 0.25) is 0 Å². The van der Waals surface area contributed by atoms with Crippen molar-refractivity contribution in [3.63, 3.8) is 0 Å². The Hall–Kier alpha value is -2.30. The first kappa shape index (κ1) is 17.1. The second-order valence-electron chi connectivity index (χ2n) is 5.66. The largest absolute Gasteiger partial charge is 0.465 e. The summed E-state index contributed by atoms with van der Waals surface area (Å²) in [6.07, 6.45) is 8.11. The Balaban J connectivity index is 1.67. The Kier molecular flexibility index (Phi) is 6.66. The van der Waals surface area contributed by atoms with Gasteiger partial charge in [-0.3, -0.25) is 0 Å². The van der Waals surface area contributed by atoms with Crippen LogP contribution in [0.3, 0.4) is 0 Å². The summed E-state index contributed by atoms with van der Waals surface area (Å²) in [5, 5.41) is 5.69. The van der Waals surface area contributed by atoms with E-state index >= 15 is 0 Å². The van der Waals surface area contributed by atoms with Gasteiger partial charge in [0, 0.05) is 13.1 Å². The van der Waals surface area contributed by atoms with E-state index < -0.39 is 0 Å². The lowest BCUT2D eigenvalue weighted by Gasteiger charge is -2.13. The van der Waals surface area contributed by atoms with Crippen molar-refractivity contribution in [2.24, 2.45) is 0 Å². The number of carbonyl (C=O) groups is 2. The molecule has 0 spiro atoms. The number of hydrogen-bond donors (Lipinski definition) is 2. The highest BCUT2D eigenvalue weighted by molar-refractivity contribution is 5.89. The van der Waals surface area contributed by atoms with Crippen LogP contribution in [-0.4, -0.2) is 25.7 Å². The molecule has 0 unspecified atom stereocenters. The van der Waals surface area contributed by atoms with Crippen molar-refractivity contribution in [3.8, 4) is 0 Å². The molecule has 124 valence electrons. The van der Waals surface area contributed by atoms with E-state index in [4.69, 9.17) is 0 Å². The lowest BCUT2D eigenvalue weighted by Crippen LogP contribution is -2.35. The van der Waals surface area contributed by atoms with Crippen molar-refractivity contribution >= 4 is 12.0 Å². The first-order valence-electron chi connectivity index (χ1n) is 8.06. The third-order valence-corrected chi connectivity index (χ3v) is 3.94. The van der Waals surface area contributed by atoms with Gasteiger partial charge in [-0.25, -0.2) is 9.59 Å².